The molecule has 0 bridgehead atoms. The van der Waals surface area contributed by atoms with Crippen molar-refractivity contribution < 1.29 is 0 Å². The maximum Gasteiger partial charge on any atom is 0.00939 e. The predicted molar refractivity (Wildman–Crippen MR) is 107 cm³/mol. The zero-order valence-electron chi connectivity index (χ0n) is 15.9. The SMILES string of the molecule is NCC1CCCCC(N)CCC(N)CC(N)CC(N)CC(N)CC1N. The molecule has 1 aliphatic carbocycles. The second-order valence-electron chi connectivity index (χ2n) is 8.26. The van der Waals surface area contributed by atoms with E-state index in [4.69, 9.17) is 40.1 Å². The van der Waals surface area contributed by atoms with Crippen molar-refractivity contribution in [2.45, 2.75) is 100 Å². The molecule has 25 heavy (non-hydrogen) atoms. The quantitative estimate of drug-likeness (QED) is 0.328. The second kappa shape index (κ2) is 12.2. The first kappa shape index (κ1) is 22.8. The summed E-state index contributed by atoms with van der Waals surface area (Å²) in [5, 5.41) is 0. The topological polar surface area (TPSA) is 182 Å². The highest BCUT2D eigenvalue weighted by molar-refractivity contribution is 4.83. The van der Waals surface area contributed by atoms with Crippen molar-refractivity contribution in [1.82, 2.24) is 0 Å². The van der Waals surface area contributed by atoms with Gasteiger partial charge in [0, 0.05) is 36.3 Å². The lowest BCUT2D eigenvalue weighted by atomic mass is 9.87. The average Bonchev–Trinajstić information content (AvgIpc) is 2.51. The van der Waals surface area contributed by atoms with Crippen LogP contribution in [0, 0.1) is 5.92 Å². The van der Waals surface area contributed by atoms with E-state index >= 15 is 0 Å². The van der Waals surface area contributed by atoms with E-state index in [0.29, 0.717) is 12.5 Å². The predicted octanol–water partition coefficient (Wildman–Crippen LogP) is -0.560. The van der Waals surface area contributed by atoms with Crippen LogP contribution in [0.15, 0.2) is 0 Å². The van der Waals surface area contributed by atoms with Crippen LogP contribution in [0.1, 0.15) is 64.2 Å². The van der Waals surface area contributed by atoms with Gasteiger partial charge in [0.2, 0.25) is 0 Å². The highest BCUT2D eigenvalue weighted by atomic mass is 14.8. The van der Waals surface area contributed by atoms with Crippen molar-refractivity contribution in [3.8, 4) is 0 Å². The van der Waals surface area contributed by atoms with Crippen molar-refractivity contribution in [2.75, 3.05) is 6.54 Å². The molecular formula is C18H43N7. The molecule has 7 heteroatoms. The Hall–Kier alpha value is -0.280. The Morgan fingerprint density at radius 2 is 1.00 bits per heavy atom. The maximum absolute atomic E-state index is 6.36. The second-order valence-corrected chi connectivity index (χ2v) is 8.26. The van der Waals surface area contributed by atoms with Crippen LogP contribution < -0.4 is 40.1 Å². The van der Waals surface area contributed by atoms with Gasteiger partial charge in [-0.25, -0.2) is 0 Å². The lowest BCUT2D eigenvalue weighted by Gasteiger charge is -2.27. The molecule has 0 aromatic heterocycles. The molecule has 1 saturated carbocycles. The highest BCUT2D eigenvalue weighted by Gasteiger charge is 2.22. The fourth-order valence-corrected chi connectivity index (χ4v) is 4.01. The van der Waals surface area contributed by atoms with Crippen LogP contribution in [0.25, 0.3) is 0 Å². The Labute approximate surface area is 153 Å². The lowest BCUT2D eigenvalue weighted by molar-refractivity contribution is 0.333. The Morgan fingerprint density at radius 3 is 1.60 bits per heavy atom. The third kappa shape index (κ3) is 9.84. The molecule has 7 unspecified atom stereocenters. The van der Waals surface area contributed by atoms with Gasteiger partial charge in [-0.1, -0.05) is 12.8 Å². The van der Waals surface area contributed by atoms with Crippen LogP contribution in [0.5, 0.6) is 0 Å². The summed E-state index contributed by atoms with van der Waals surface area (Å²) in [5.74, 6) is 0.310. The molecule has 0 spiro atoms. The molecule has 150 valence electrons. The number of hydrogen-bond acceptors (Lipinski definition) is 7. The van der Waals surface area contributed by atoms with E-state index in [9.17, 15) is 0 Å². The minimum atomic E-state index is -0.0151. The molecule has 0 saturated heterocycles. The van der Waals surface area contributed by atoms with Crippen LogP contribution >= 0.6 is 0 Å². The number of nitrogens with two attached hydrogens (primary N) is 7. The van der Waals surface area contributed by atoms with Gasteiger partial charge in [0.05, 0.1) is 0 Å². The van der Waals surface area contributed by atoms with Crippen LogP contribution in [-0.4, -0.2) is 42.8 Å². The molecule has 0 aromatic rings. The Morgan fingerprint density at radius 1 is 0.520 bits per heavy atom. The lowest BCUT2D eigenvalue weighted by Crippen LogP contribution is -2.43. The van der Waals surface area contributed by atoms with Crippen molar-refractivity contribution >= 4 is 0 Å². The average molecular weight is 358 g/mol. The van der Waals surface area contributed by atoms with Gasteiger partial charge in [-0.15, -0.1) is 0 Å². The van der Waals surface area contributed by atoms with Crippen LogP contribution in [-0.2, 0) is 0 Å². The summed E-state index contributed by atoms with van der Waals surface area (Å²) in [6.45, 7) is 0.603. The van der Waals surface area contributed by atoms with Gasteiger partial charge in [-0.2, -0.15) is 0 Å². The zero-order valence-corrected chi connectivity index (χ0v) is 15.9. The van der Waals surface area contributed by atoms with E-state index in [1.165, 1.54) is 0 Å². The summed E-state index contributed by atoms with van der Waals surface area (Å²) >= 11 is 0. The normalized spacial score (nSPS) is 41.2. The maximum atomic E-state index is 6.36. The third-order valence-electron chi connectivity index (χ3n) is 5.61. The van der Waals surface area contributed by atoms with Crippen molar-refractivity contribution in [1.29, 1.82) is 0 Å². The van der Waals surface area contributed by atoms with Crippen LogP contribution in [0.4, 0.5) is 0 Å². The molecule has 0 heterocycles. The van der Waals surface area contributed by atoms with Gasteiger partial charge in [-0.05, 0) is 63.8 Å². The molecule has 1 fully saturated rings. The van der Waals surface area contributed by atoms with Crippen molar-refractivity contribution in [3.63, 3.8) is 0 Å². The van der Waals surface area contributed by atoms with E-state index in [-0.39, 0.29) is 36.3 Å². The van der Waals surface area contributed by atoms with E-state index in [1.807, 2.05) is 0 Å². The largest absolute Gasteiger partial charge is 0.330 e. The molecule has 0 aliphatic heterocycles. The Kier molecular flexibility index (Phi) is 11.1. The summed E-state index contributed by atoms with van der Waals surface area (Å²) < 4.78 is 0. The first-order valence-corrected chi connectivity index (χ1v) is 10.0. The van der Waals surface area contributed by atoms with E-state index in [2.05, 4.69) is 0 Å². The molecule has 0 aromatic carbocycles. The molecule has 7 nitrogen and oxygen atoms in total. The summed E-state index contributed by atoms with van der Waals surface area (Å²) in [6, 6.07) is 0.308. The van der Waals surface area contributed by atoms with E-state index < -0.39 is 0 Å². The summed E-state index contributed by atoms with van der Waals surface area (Å²) in [6.07, 6.45) is 9.15. The fraction of sp³-hybridized carbons (Fsp3) is 1.00. The minimum absolute atomic E-state index is 0.00886. The van der Waals surface area contributed by atoms with Gasteiger partial charge >= 0.3 is 0 Å². The highest BCUT2D eigenvalue weighted by Crippen LogP contribution is 2.18. The smallest absolute Gasteiger partial charge is 0.00939 e. The summed E-state index contributed by atoms with van der Waals surface area (Å²) in [7, 11) is 0. The van der Waals surface area contributed by atoms with E-state index in [1.54, 1.807) is 0 Å². The van der Waals surface area contributed by atoms with Crippen LogP contribution in [0.2, 0.25) is 0 Å². The molecule has 7 atom stereocenters. The van der Waals surface area contributed by atoms with Gasteiger partial charge < -0.3 is 40.1 Å². The zero-order chi connectivity index (χ0) is 18.8. The number of rotatable bonds is 1. The third-order valence-corrected chi connectivity index (χ3v) is 5.61. The molecular weight excluding hydrogens is 314 g/mol. The van der Waals surface area contributed by atoms with Crippen molar-refractivity contribution in [3.05, 3.63) is 0 Å². The van der Waals surface area contributed by atoms with Gasteiger partial charge in [0.25, 0.3) is 0 Å². The standard InChI is InChI=1S/C18H43N7/c19-11-12-3-1-2-4-13(20)5-6-14(21)7-15(22)8-16(23)9-17(24)10-18(12)25/h12-18H,1-11,19-25H2. The van der Waals surface area contributed by atoms with Gasteiger partial charge in [0.1, 0.15) is 0 Å². The van der Waals surface area contributed by atoms with Crippen molar-refractivity contribution in [2.24, 2.45) is 46.1 Å². The minimum Gasteiger partial charge on any atom is -0.330 e. The first-order chi connectivity index (χ1) is 11.8. The fourth-order valence-electron chi connectivity index (χ4n) is 4.01. The van der Waals surface area contributed by atoms with E-state index in [0.717, 1.165) is 64.2 Å². The molecule has 14 N–H and O–H groups in total. The number of hydrogen-bond donors (Lipinski definition) is 7. The monoisotopic (exact) mass is 357 g/mol. The Balaban J connectivity index is 2.65. The summed E-state index contributed by atoms with van der Waals surface area (Å²) in [4.78, 5) is 0. The van der Waals surface area contributed by atoms with Crippen LogP contribution in [0.3, 0.4) is 0 Å². The molecule has 0 amide bonds. The molecule has 1 rings (SSSR count). The molecule has 1 aliphatic rings. The molecule has 0 radical (unpaired) electrons. The van der Waals surface area contributed by atoms with Gasteiger partial charge in [-0.3, -0.25) is 0 Å². The van der Waals surface area contributed by atoms with Gasteiger partial charge in [0.15, 0.2) is 0 Å². The summed E-state index contributed by atoms with van der Waals surface area (Å²) in [5.41, 5.74) is 43.5. The Bertz CT molecular complexity index is 341. The first-order valence-electron chi connectivity index (χ1n) is 10.0.